The van der Waals surface area contributed by atoms with Crippen molar-refractivity contribution >= 4 is 11.6 Å². The predicted octanol–water partition coefficient (Wildman–Crippen LogP) is 5.84. The zero-order valence-electron chi connectivity index (χ0n) is 11.8. The number of hydrogen-bond acceptors (Lipinski definition) is 0. The van der Waals surface area contributed by atoms with Gasteiger partial charge in [-0.1, -0.05) is 35.9 Å². The smallest absolute Gasteiger partial charge is 0.166 e. The highest BCUT2D eigenvalue weighted by atomic mass is 35.5. The lowest BCUT2D eigenvalue weighted by Crippen LogP contribution is -2.05. The average molecular weight is 313 g/mol. The third-order valence-corrected chi connectivity index (χ3v) is 3.85. The van der Waals surface area contributed by atoms with Gasteiger partial charge in [-0.05, 0) is 49.1 Å². The summed E-state index contributed by atoms with van der Waals surface area (Å²) in [6, 6.07) is 11.2. The summed E-state index contributed by atoms with van der Waals surface area (Å²) in [6.07, 6.45) is -3.80. The van der Waals surface area contributed by atoms with Gasteiger partial charge in [-0.25, -0.2) is 0 Å². The van der Waals surface area contributed by atoms with Crippen LogP contribution < -0.4 is 0 Å². The summed E-state index contributed by atoms with van der Waals surface area (Å²) in [5, 5.41) is -0.248. The molecule has 0 heterocycles. The van der Waals surface area contributed by atoms with Crippen LogP contribution in [-0.2, 0) is 12.6 Å². The van der Waals surface area contributed by atoms with E-state index >= 15 is 0 Å². The fraction of sp³-hybridized carbons (Fsp3) is 0.294. The topological polar surface area (TPSA) is 0 Å². The van der Waals surface area contributed by atoms with E-state index in [1.807, 2.05) is 26.0 Å². The summed E-state index contributed by atoms with van der Waals surface area (Å²) in [6.45, 7) is 4.00. The summed E-state index contributed by atoms with van der Waals surface area (Å²) in [5.74, 6) is 0. The van der Waals surface area contributed by atoms with Gasteiger partial charge in [0, 0.05) is 0 Å². The molecule has 0 aromatic heterocycles. The summed E-state index contributed by atoms with van der Waals surface area (Å²) < 4.78 is 37.5. The van der Waals surface area contributed by atoms with Crippen LogP contribution in [-0.4, -0.2) is 0 Å². The Morgan fingerprint density at radius 3 is 2.14 bits per heavy atom. The van der Waals surface area contributed by atoms with Gasteiger partial charge in [0.05, 0.1) is 10.9 Å². The molecular weight excluding hydrogens is 297 g/mol. The van der Waals surface area contributed by atoms with E-state index in [1.54, 1.807) is 0 Å². The Labute approximate surface area is 127 Å². The van der Waals surface area contributed by atoms with Crippen molar-refractivity contribution in [2.24, 2.45) is 0 Å². The number of aryl methyl sites for hydroxylation is 2. The van der Waals surface area contributed by atoms with Crippen LogP contribution in [0.25, 0.3) is 0 Å². The molecule has 2 aromatic carbocycles. The first kappa shape index (κ1) is 15.9. The third kappa shape index (κ3) is 4.01. The Morgan fingerprint density at radius 2 is 1.62 bits per heavy atom. The van der Waals surface area contributed by atoms with Gasteiger partial charge in [0.1, 0.15) is 0 Å². The molecule has 2 rings (SSSR count). The average Bonchev–Trinajstić information content (AvgIpc) is 2.38. The van der Waals surface area contributed by atoms with Gasteiger partial charge >= 0.3 is 6.18 Å². The van der Waals surface area contributed by atoms with Crippen molar-refractivity contribution in [2.75, 3.05) is 0 Å². The van der Waals surface area contributed by atoms with E-state index < -0.39 is 11.7 Å². The van der Waals surface area contributed by atoms with Crippen LogP contribution >= 0.6 is 11.6 Å². The van der Waals surface area contributed by atoms with Crippen molar-refractivity contribution in [2.45, 2.75) is 31.8 Å². The molecule has 21 heavy (non-hydrogen) atoms. The largest absolute Gasteiger partial charge is 0.416 e. The maximum atomic E-state index is 12.5. The van der Waals surface area contributed by atoms with Crippen molar-refractivity contribution in [3.8, 4) is 0 Å². The second-order valence-electron chi connectivity index (χ2n) is 5.23. The van der Waals surface area contributed by atoms with Gasteiger partial charge in [0.25, 0.3) is 0 Å². The first-order chi connectivity index (χ1) is 9.77. The molecule has 0 radical (unpaired) electrons. The minimum Gasteiger partial charge on any atom is -0.166 e. The molecule has 1 atom stereocenters. The van der Waals surface area contributed by atoms with Crippen LogP contribution in [0, 0.1) is 13.8 Å². The van der Waals surface area contributed by atoms with E-state index in [4.69, 9.17) is 11.6 Å². The predicted molar refractivity (Wildman–Crippen MR) is 79.7 cm³/mol. The second kappa shape index (κ2) is 6.10. The van der Waals surface area contributed by atoms with Crippen LogP contribution in [0.5, 0.6) is 0 Å². The fourth-order valence-corrected chi connectivity index (χ4v) is 2.75. The van der Waals surface area contributed by atoms with Crippen LogP contribution in [0.1, 0.15) is 33.2 Å². The summed E-state index contributed by atoms with van der Waals surface area (Å²) >= 11 is 6.41. The van der Waals surface area contributed by atoms with Crippen LogP contribution in [0.4, 0.5) is 13.2 Å². The summed E-state index contributed by atoms with van der Waals surface area (Å²) in [4.78, 5) is 0. The van der Waals surface area contributed by atoms with E-state index in [1.165, 1.54) is 12.1 Å². The second-order valence-corrected chi connectivity index (χ2v) is 5.75. The van der Waals surface area contributed by atoms with Crippen molar-refractivity contribution in [1.29, 1.82) is 0 Å². The number of rotatable bonds is 3. The number of hydrogen-bond donors (Lipinski definition) is 0. The zero-order chi connectivity index (χ0) is 15.6. The van der Waals surface area contributed by atoms with Crippen molar-refractivity contribution in [3.05, 3.63) is 70.3 Å². The molecule has 0 N–H and O–H groups in total. The minimum absolute atomic E-state index is 0.248. The fourth-order valence-electron chi connectivity index (χ4n) is 2.32. The van der Waals surface area contributed by atoms with E-state index in [2.05, 4.69) is 6.07 Å². The van der Waals surface area contributed by atoms with Crippen LogP contribution in [0.15, 0.2) is 42.5 Å². The Bertz CT molecular complexity index is 615. The maximum absolute atomic E-state index is 12.5. The highest BCUT2D eigenvalue weighted by molar-refractivity contribution is 6.21. The molecule has 2 aromatic rings. The van der Waals surface area contributed by atoms with E-state index in [-0.39, 0.29) is 5.38 Å². The monoisotopic (exact) mass is 312 g/mol. The zero-order valence-corrected chi connectivity index (χ0v) is 12.6. The molecule has 0 nitrogen and oxygen atoms in total. The molecular formula is C17H16ClF3. The lowest BCUT2D eigenvalue weighted by molar-refractivity contribution is -0.137. The number of halogens is 4. The van der Waals surface area contributed by atoms with E-state index in [9.17, 15) is 13.2 Å². The van der Waals surface area contributed by atoms with Gasteiger partial charge in [-0.3, -0.25) is 0 Å². The van der Waals surface area contributed by atoms with Crippen molar-refractivity contribution in [1.82, 2.24) is 0 Å². The highest BCUT2D eigenvalue weighted by Gasteiger charge is 2.30. The van der Waals surface area contributed by atoms with Gasteiger partial charge in [-0.15, -0.1) is 11.6 Å². The first-order valence-corrected chi connectivity index (χ1v) is 7.08. The van der Waals surface area contributed by atoms with Crippen LogP contribution in [0.3, 0.4) is 0 Å². The lowest BCUT2D eigenvalue weighted by atomic mass is 9.98. The van der Waals surface area contributed by atoms with Crippen LogP contribution in [0.2, 0.25) is 0 Å². The Morgan fingerprint density at radius 1 is 1.00 bits per heavy atom. The molecule has 0 amide bonds. The van der Waals surface area contributed by atoms with Crippen molar-refractivity contribution in [3.63, 3.8) is 0 Å². The molecule has 1 unspecified atom stereocenters. The molecule has 0 fully saturated rings. The molecule has 112 valence electrons. The molecule has 4 heteroatoms. The molecule has 0 spiro atoms. The molecule has 0 aliphatic heterocycles. The molecule has 0 saturated carbocycles. The highest BCUT2D eigenvalue weighted by Crippen LogP contribution is 2.31. The third-order valence-electron chi connectivity index (χ3n) is 3.46. The molecule has 0 bridgehead atoms. The Hall–Kier alpha value is -1.48. The standard InChI is InChI=1S/C17H16ClF3/c1-11-3-8-15(12(2)9-11)16(18)10-13-4-6-14(7-5-13)17(19,20)21/h3-9,16H,10H2,1-2H3. The van der Waals surface area contributed by atoms with E-state index in [0.29, 0.717) is 6.42 Å². The summed E-state index contributed by atoms with van der Waals surface area (Å²) in [5.41, 5.74) is 3.44. The lowest BCUT2D eigenvalue weighted by Gasteiger charge is -2.14. The quantitative estimate of drug-likeness (QED) is 0.624. The van der Waals surface area contributed by atoms with Gasteiger partial charge in [0.15, 0.2) is 0 Å². The summed E-state index contributed by atoms with van der Waals surface area (Å²) in [7, 11) is 0. The molecule has 0 saturated heterocycles. The SMILES string of the molecule is Cc1ccc(C(Cl)Cc2ccc(C(F)(F)F)cc2)c(C)c1. The maximum Gasteiger partial charge on any atom is 0.416 e. The Balaban J connectivity index is 2.14. The number of benzene rings is 2. The first-order valence-electron chi connectivity index (χ1n) is 6.65. The Kier molecular flexibility index (Phi) is 4.62. The van der Waals surface area contributed by atoms with E-state index in [0.717, 1.165) is 34.4 Å². The normalized spacial score (nSPS) is 13.2. The molecule has 0 aliphatic carbocycles. The molecule has 0 aliphatic rings. The number of alkyl halides is 4. The van der Waals surface area contributed by atoms with Gasteiger partial charge in [0.2, 0.25) is 0 Å². The van der Waals surface area contributed by atoms with Gasteiger partial charge in [-0.2, -0.15) is 13.2 Å². The van der Waals surface area contributed by atoms with Gasteiger partial charge < -0.3 is 0 Å². The minimum atomic E-state index is -4.30. The van der Waals surface area contributed by atoms with Crippen molar-refractivity contribution < 1.29 is 13.2 Å².